The quantitative estimate of drug-likeness (QED) is 0.823. The first-order chi connectivity index (χ1) is 7.50. The van der Waals surface area contributed by atoms with E-state index in [4.69, 9.17) is 5.26 Å². The van der Waals surface area contributed by atoms with Crippen LogP contribution in [0, 0.1) is 11.3 Å². The Hall–Kier alpha value is -1.39. The second kappa shape index (κ2) is 5.09. The van der Waals surface area contributed by atoms with Gasteiger partial charge in [0, 0.05) is 19.0 Å². The van der Waals surface area contributed by atoms with Crippen LogP contribution in [-0.2, 0) is 10.0 Å². The minimum atomic E-state index is -3.57. The third-order valence-corrected chi connectivity index (χ3v) is 4.08. The van der Waals surface area contributed by atoms with Gasteiger partial charge in [0.1, 0.15) is 0 Å². The van der Waals surface area contributed by atoms with E-state index in [0.717, 1.165) is 0 Å². The number of hydrogen-bond donors (Lipinski definition) is 1. The smallest absolute Gasteiger partial charge is 0.260 e. The van der Waals surface area contributed by atoms with Crippen molar-refractivity contribution < 1.29 is 8.42 Å². The van der Waals surface area contributed by atoms with Gasteiger partial charge in [0.25, 0.3) is 10.0 Å². The Kier molecular flexibility index (Phi) is 4.04. The van der Waals surface area contributed by atoms with Gasteiger partial charge < -0.3 is 4.98 Å². The molecule has 1 aromatic rings. The van der Waals surface area contributed by atoms with E-state index in [-0.39, 0.29) is 24.0 Å². The number of H-pyrrole nitrogens is 1. The predicted octanol–water partition coefficient (Wildman–Crippen LogP) is 0.722. The molecule has 0 radical (unpaired) electrons. The fourth-order valence-electron chi connectivity index (χ4n) is 1.33. The maximum atomic E-state index is 12.1. The van der Waals surface area contributed by atoms with Crippen LogP contribution in [0.15, 0.2) is 17.6 Å². The fourth-order valence-corrected chi connectivity index (χ4v) is 2.86. The zero-order valence-electron chi connectivity index (χ0n) is 9.21. The molecular weight excluding hydrogens is 228 g/mol. The van der Waals surface area contributed by atoms with Crippen LogP contribution < -0.4 is 0 Å². The summed E-state index contributed by atoms with van der Waals surface area (Å²) in [6, 6.07) is 1.75. The molecule has 0 atom stereocenters. The van der Waals surface area contributed by atoms with E-state index in [9.17, 15) is 8.42 Å². The summed E-state index contributed by atoms with van der Waals surface area (Å²) in [6.45, 7) is 3.73. The summed E-state index contributed by atoms with van der Waals surface area (Å²) in [5.74, 6) is 0. The van der Waals surface area contributed by atoms with Crippen LogP contribution in [0.2, 0.25) is 0 Å². The van der Waals surface area contributed by atoms with Crippen LogP contribution in [0.4, 0.5) is 0 Å². The Balaban J connectivity index is 2.99. The molecule has 0 aromatic carbocycles. The number of rotatable bonds is 5. The normalized spacial score (nSPS) is 11.9. The molecular formula is C9H14N4O2S. The molecule has 6 nitrogen and oxygen atoms in total. The molecule has 0 aliphatic carbocycles. The van der Waals surface area contributed by atoms with Gasteiger partial charge in [0.2, 0.25) is 0 Å². The first-order valence-corrected chi connectivity index (χ1v) is 6.31. The molecule has 0 spiro atoms. The molecule has 0 saturated carbocycles. The van der Waals surface area contributed by atoms with Crippen LogP contribution in [0.5, 0.6) is 0 Å². The van der Waals surface area contributed by atoms with Gasteiger partial charge in [0.05, 0.1) is 18.6 Å². The minimum absolute atomic E-state index is 0.0548. The Morgan fingerprint density at radius 3 is 2.75 bits per heavy atom. The highest BCUT2D eigenvalue weighted by Gasteiger charge is 2.27. The molecule has 0 aliphatic heterocycles. The monoisotopic (exact) mass is 242 g/mol. The molecule has 0 unspecified atom stereocenters. The van der Waals surface area contributed by atoms with E-state index < -0.39 is 10.0 Å². The maximum Gasteiger partial charge on any atom is 0.260 e. The summed E-state index contributed by atoms with van der Waals surface area (Å²) in [5, 5.41) is 8.56. The summed E-state index contributed by atoms with van der Waals surface area (Å²) >= 11 is 0. The highest BCUT2D eigenvalue weighted by molar-refractivity contribution is 7.89. The molecule has 0 fully saturated rings. The fraction of sp³-hybridized carbons (Fsp3) is 0.556. The second-order valence-corrected chi connectivity index (χ2v) is 5.39. The van der Waals surface area contributed by atoms with Gasteiger partial charge in [0.15, 0.2) is 5.03 Å². The molecule has 88 valence electrons. The third-order valence-electron chi connectivity index (χ3n) is 2.08. The Morgan fingerprint density at radius 1 is 1.62 bits per heavy atom. The molecule has 16 heavy (non-hydrogen) atoms. The van der Waals surface area contributed by atoms with E-state index in [2.05, 4.69) is 9.97 Å². The van der Waals surface area contributed by atoms with Crippen LogP contribution >= 0.6 is 0 Å². The van der Waals surface area contributed by atoms with Crippen LogP contribution in [-0.4, -0.2) is 35.3 Å². The number of aromatic amines is 1. The molecule has 0 amide bonds. The van der Waals surface area contributed by atoms with Crippen molar-refractivity contribution in [1.29, 1.82) is 5.26 Å². The zero-order chi connectivity index (χ0) is 12.2. The lowest BCUT2D eigenvalue weighted by Gasteiger charge is -2.23. The summed E-state index contributed by atoms with van der Waals surface area (Å²) < 4.78 is 25.5. The van der Waals surface area contributed by atoms with Crippen LogP contribution in [0.1, 0.15) is 20.3 Å². The maximum absolute atomic E-state index is 12.1. The van der Waals surface area contributed by atoms with Crippen molar-refractivity contribution in [3.8, 4) is 6.07 Å². The van der Waals surface area contributed by atoms with Gasteiger partial charge in [-0.05, 0) is 13.8 Å². The van der Waals surface area contributed by atoms with Gasteiger partial charge in [-0.1, -0.05) is 0 Å². The summed E-state index contributed by atoms with van der Waals surface area (Å²) in [4.78, 5) is 6.25. The summed E-state index contributed by atoms with van der Waals surface area (Å²) in [6.07, 6.45) is 2.75. The molecule has 1 aromatic heterocycles. The topological polar surface area (TPSA) is 89.8 Å². The van der Waals surface area contributed by atoms with Crippen molar-refractivity contribution in [3.05, 3.63) is 12.5 Å². The van der Waals surface area contributed by atoms with Crippen LogP contribution in [0.3, 0.4) is 0 Å². The molecule has 0 bridgehead atoms. The van der Waals surface area contributed by atoms with Gasteiger partial charge >= 0.3 is 0 Å². The van der Waals surface area contributed by atoms with Crippen LogP contribution in [0.25, 0.3) is 0 Å². The number of aromatic nitrogens is 2. The predicted molar refractivity (Wildman–Crippen MR) is 57.8 cm³/mol. The van der Waals surface area contributed by atoms with Crippen molar-refractivity contribution in [1.82, 2.24) is 14.3 Å². The number of imidazole rings is 1. The number of nitrogens with one attached hydrogen (secondary N) is 1. The van der Waals surface area contributed by atoms with Gasteiger partial charge in [-0.3, -0.25) is 0 Å². The highest BCUT2D eigenvalue weighted by atomic mass is 32.2. The third kappa shape index (κ3) is 2.59. The molecule has 1 N–H and O–H groups in total. The van der Waals surface area contributed by atoms with Crippen molar-refractivity contribution in [2.75, 3.05) is 6.54 Å². The number of nitriles is 1. The second-order valence-electron chi connectivity index (χ2n) is 3.53. The minimum Gasteiger partial charge on any atom is -0.335 e. The van der Waals surface area contributed by atoms with E-state index in [1.165, 1.54) is 16.8 Å². The molecule has 1 heterocycles. The lowest BCUT2D eigenvalue weighted by Crippen LogP contribution is -2.37. The Morgan fingerprint density at radius 2 is 2.31 bits per heavy atom. The molecule has 0 aliphatic rings. The van der Waals surface area contributed by atoms with Gasteiger partial charge in [-0.2, -0.15) is 9.57 Å². The van der Waals surface area contributed by atoms with Crippen molar-refractivity contribution in [2.24, 2.45) is 0 Å². The average Bonchev–Trinajstić information content (AvgIpc) is 2.70. The van der Waals surface area contributed by atoms with Crippen molar-refractivity contribution in [2.45, 2.75) is 31.3 Å². The SMILES string of the molecule is CC(C)N(CCC#N)S(=O)(=O)c1cnc[nH]1. The molecule has 0 saturated heterocycles. The van der Waals surface area contributed by atoms with Crippen molar-refractivity contribution >= 4 is 10.0 Å². The standard InChI is InChI=1S/C9H14N4O2S/c1-8(2)13(5-3-4-10)16(14,15)9-6-11-7-12-9/h6-8H,3,5H2,1-2H3,(H,11,12). The Labute approximate surface area is 95.0 Å². The first-order valence-electron chi connectivity index (χ1n) is 4.87. The molecule has 1 rings (SSSR count). The van der Waals surface area contributed by atoms with Gasteiger partial charge in [-0.15, -0.1) is 0 Å². The van der Waals surface area contributed by atoms with Gasteiger partial charge in [-0.25, -0.2) is 13.4 Å². The number of sulfonamides is 1. The largest absolute Gasteiger partial charge is 0.335 e. The summed E-state index contributed by atoms with van der Waals surface area (Å²) in [5.41, 5.74) is 0. The number of hydrogen-bond acceptors (Lipinski definition) is 4. The summed E-state index contributed by atoms with van der Waals surface area (Å²) in [7, 11) is -3.57. The van der Waals surface area contributed by atoms with E-state index in [1.807, 2.05) is 6.07 Å². The van der Waals surface area contributed by atoms with Crippen molar-refractivity contribution in [3.63, 3.8) is 0 Å². The first kappa shape index (κ1) is 12.7. The lowest BCUT2D eigenvalue weighted by atomic mass is 10.3. The van der Waals surface area contributed by atoms with E-state index in [1.54, 1.807) is 13.8 Å². The Bertz CT molecular complexity index is 458. The lowest BCUT2D eigenvalue weighted by molar-refractivity contribution is 0.359. The van der Waals surface area contributed by atoms with E-state index >= 15 is 0 Å². The van der Waals surface area contributed by atoms with E-state index in [0.29, 0.717) is 0 Å². The number of nitrogens with zero attached hydrogens (tertiary/aromatic N) is 3. The molecule has 7 heteroatoms. The average molecular weight is 242 g/mol. The zero-order valence-corrected chi connectivity index (χ0v) is 10.0. The highest BCUT2D eigenvalue weighted by Crippen LogP contribution is 2.15.